The van der Waals surface area contributed by atoms with Crippen molar-refractivity contribution >= 4 is 5.96 Å². The van der Waals surface area contributed by atoms with Gasteiger partial charge in [0.2, 0.25) is 0 Å². The van der Waals surface area contributed by atoms with Crippen LogP contribution in [-0.2, 0) is 6.54 Å². The third-order valence-corrected chi connectivity index (χ3v) is 3.37. The van der Waals surface area contributed by atoms with Gasteiger partial charge in [-0.1, -0.05) is 6.07 Å². The van der Waals surface area contributed by atoms with E-state index in [2.05, 4.69) is 60.4 Å². The van der Waals surface area contributed by atoms with Crippen LogP contribution in [0.3, 0.4) is 0 Å². The highest BCUT2D eigenvalue weighted by molar-refractivity contribution is 5.79. The molecular weight excluding hydrogens is 250 g/mol. The van der Waals surface area contributed by atoms with Crippen LogP contribution in [-0.4, -0.2) is 48.6 Å². The van der Waals surface area contributed by atoms with Crippen molar-refractivity contribution < 1.29 is 0 Å². The number of nitrogens with zero attached hydrogens (tertiary/aromatic N) is 3. The molecule has 0 aliphatic carbocycles. The zero-order valence-corrected chi connectivity index (χ0v) is 13.3. The van der Waals surface area contributed by atoms with Gasteiger partial charge in [-0.2, -0.15) is 0 Å². The van der Waals surface area contributed by atoms with Gasteiger partial charge < -0.3 is 15.5 Å². The van der Waals surface area contributed by atoms with E-state index in [1.54, 1.807) is 6.20 Å². The summed E-state index contributed by atoms with van der Waals surface area (Å²) in [7, 11) is 4.17. The Labute approximate surface area is 122 Å². The second-order valence-corrected chi connectivity index (χ2v) is 5.58. The summed E-state index contributed by atoms with van der Waals surface area (Å²) < 4.78 is 0. The Morgan fingerprint density at radius 1 is 1.30 bits per heavy atom. The van der Waals surface area contributed by atoms with Gasteiger partial charge in [0.1, 0.15) is 0 Å². The minimum absolute atomic E-state index is 0.0706. The molecular formula is C15H27N5. The highest BCUT2D eigenvalue weighted by Crippen LogP contribution is 2.07. The Kier molecular flexibility index (Phi) is 6.45. The molecule has 0 spiro atoms. The highest BCUT2D eigenvalue weighted by Gasteiger charge is 2.20. The summed E-state index contributed by atoms with van der Waals surface area (Å²) in [4.78, 5) is 11.0. The van der Waals surface area contributed by atoms with E-state index < -0.39 is 0 Å². The smallest absolute Gasteiger partial charge is 0.191 e. The van der Waals surface area contributed by atoms with Crippen LogP contribution in [0.1, 0.15) is 26.5 Å². The average molecular weight is 277 g/mol. The maximum atomic E-state index is 4.56. The predicted octanol–water partition coefficient (Wildman–Crippen LogP) is 1.48. The fourth-order valence-electron chi connectivity index (χ4n) is 1.45. The lowest BCUT2D eigenvalue weighted by molar-refractivity contribution is 0.197. The molecule has 0 aliphatic heterocycles. The zero-order valence-electron chi connectivity index (χ0n) is 13.3. The molecule has 0 saturated carbocycles. The summed E-state index contributed by atoms with van der Waals surface area (Å²) in [5.41, 5.74) is 1.04. The van der Waals surface area contributed by atoms with Crippen molar-refractivity contribution in [1.82, 2.24) is 20.5 Å². The quantitative estimate of drug-likeness (QED) is 0.611. The molecule has 1 aromatic rings. The minimum Gasteiger partial charge on any atom is -0.357 e. The molecule has 1 aromatic heterocycles. The molecule has 5 nitrogen and oxygen atoms in total. The molecule has 0 aliphatic rings. The molecule has 0 amide bonds. The van der Waals surface area contributed by atoms with Crippen molar-refractivity contribution in [3.8, 4) is 0 Å². The lowest BCUT2D eigenvalue weighted by atomic mass is 10.0. The Morgan fingerprint density at radius 3 is 2.60 bits per heavy atom. The van der Waals surface area contributed by atoms with Gasteiger partial charge in [0, 0.05) is 24.8 Å². The molecule has 0 fully saturated rings. The van der Waals surface area contributed by atoms with Crippen molar-refractivity contribution in [2.75, 3.05) is 27.2 Å². The van der Waals surface area contributed by atoms with Crippen LogP contribution in [0.15, 0.2) is 29.4 Å². The van der Waals surface area contributed by atoms with Crippen molar-refractivity contribution in [1.29, 1.82) is 0 Å². The molecule has 1 rings (SSSR count). The van der Waals surface area contributed by atoms with Gasteiger partial charge >= 0.3 is 0 Å². The molecule has 5 heteroatoms. The van der Waals surface area contributed by atoms with E-state index in [0.717, 1.165) is 24.7 Å². The van der Waals surface area contributed by atoms with E-state index in [4.69, 9.17) is 0 Å². The number of aliphatic imine (C=N–C) groups is 1. The molecule has 2 N–H and O–H groups in total. The summed E-state index contributed by atoms with van der Waals surface area (Å²) >= 11 is 0. The van der Waals surface area contributed by atoms with Gasteiger partial charge in [-0.05, 0) is 47.0 Å². The average Bonchev–Trinajstić information content (AvgIpc) is 2.43. The SMILES string of the molecule is CCNC(=NCc1ccccn1)NCC(C)(C)N(C)C. The fraction of sp³-hybridized carbons (Fsp3) is 0.600. The van der Waals surface area contributed by atoms with Gasteiger partial charge in [-0.15, -0.1) is 0 Å². The van der Waals surface area contributed by atoms with Gasteiger partial charge in [0.05, 0.1) is 12.2 Å². The lowest BCUT2D eigenvalue weighted by Gasteiger charge is -2.33. The lowest BCUT2D eigenvalue weighted by Crippen LogP contribution is -2.50. The number of hydrogen-bond acceptors (Lipinski definition) is 3. The van der Waals surface area contributed by atoms with E-state index in [-0.39, 0.29) is 5.54 Å². The van der Waals surface area contributed by atoms with Crippen LogP contribution in [0.5, 0.6) is 0 Å². The monoisotopic (exact) mass is 277 g/mol. The number of likely N-dealkylation sites (N-methyl/N-ethyl adjacent to an activating group) is 1. The van der Waals surface area contributed by atoms with Crippen LogP contribution in [0.25, 0.3) is 0 Å². The normalized spacial score (nSPS) is 12.6. The second kappa shape index (κ2) is 7.85. The highest BCUT2D eigenvalue weighted by atomic mass is 15.2. The van der Waals surface area contributed by atoms with Crippen molar-refractivity contribution in [3.05, 3.63) is 30.1 Å². The fourth-order valence-corrected chi connectivity index (χ4v) is 1.45. The first-order valence-corrected chi connectivity index (χ1v) is 7.05. The van der Waals surface area contributed by atoms with Crippen LogP contribution < -0.4 is 10.6 Å². The van der Waals surface area contributed by atoms with Crippen LogP contribution in [0.4, 0.5) is 0 Å². The number of pyridine rings is 1. The number of aromatic nitrogens is 1. The molecule has 0 unspecified atom stereocenters. The molecule has 0 aromatic carbocycles. The van der Waals surface area contributed by atoms with Crippen LogP contribution in [0, 0.1) is 0 Å². The zero-order chi connectivity index (χ0) is 15.0. The Bertz CT molecular complexity index is 412. The van der Waals surface area contributed by atoms with Crippen molar-refractivity contribution in [2.24, 2.45) is 4.99 Å². The molecule has 0 bridgehead atoms. The first kappa shape index (κ1) is 16.4. The Balaban J connectivity index is 2.60. The maximum absolute atomic E-state index is 4.56. The van der Waals surface area contributed by atoms with E-state index in [1.807, 2.05) is 18.2 Å². The molecule has 0 saturated heterocycles. The van der Waals surface area contributed by atoms with E-state index in [1.165, 1.54) is 0 Å². The third-order valence-electron chi connectivity index (χ3n) is 3.37. The molecule has 20 heavy (non-hydrogen) atoms. The van der Waals surface area contributed by atoms with Crippen LogP contribution >= 0.6 is 0 Å². The van der Waals surface area contributed by atoms with Crippen molar-refractivity contribution in [2.45, 2.75) is 32.9 Å². The Morgan fingerprint density at radius 2 is 2.05 bits per heavy atom. The van der Waals surface area contributed by atoms with E-state index >= 15 is 0 Å². The summed E-state index contributed by atoms with van der Waals surface area (Å²) in [6, 6.07) is 5.88. The summed E-state index contributed by atoms with van der Waals surface area (Å²) in [5, 5.41) is 6.64. The first-order chi connectivity index (χ1) is 9.45. The largest absolute Gasteiger partial charge is 0.357 e. The molecule has 0 radical (unpaired) electrons. The molecule has 1 heterocycles. The number of guanidine groups is 1. The summed E-state index contributed by atoms with van der Waals surface area (Å²) in [5.74, 6) is 0.827. The molecule has 0 atom stereocenters. The van der Waals surface area contributed by atoms with E-state index in [0.29, 0.717) is 6.54 Å². The predicted molar refractivity (Wildman–Crippen MR) is 84.8 cm³/mol. The van der Waals surface area contributed by atoms with Crippen LogP contribution in [0.2, 0.25) is 0 Å². The molecule has 112 valence electrons. The standard InChI is InChI=1S/C15H27N5/c1-6-16-14(19-12-15(2,3)20(4)5)18-11-13-9-7-8-10-17-13/h7-10H,6,11-12H2,1-5H3,(H2,16,18,19). The number of nitrogens with one attached hydrogen (secondary N) is 2. The van der Waals surface area contributed by atoms with E-state index in [9.17, 15) is 0 Å². The van der Waals surface area contributed by atoms with Gasteiger partial charge in [0.15, 0.2) is 5.96 Å². The minimum atomic E-state index is 0.0706. The van der Waals surface area contributed by atoms with Gasteiger partial charge in [0.25, 0.3) is 0 Å². The second-order valence-electron chi connectivity index (χ2n) is 5.58. The van der Waals surface area contributed by atoms with Gasteiger partial charge in [-0.25, -0.2) is 4.99 Å². The Hall–Kier alpha value is -1.62. The van der Waals surface area contributed by atoms with Gasteiger partial charge in [-0.3, -0.25) is 4.98 Å². The third kappa shape index (κ3) is 5.57. The van der Waals surface area contributed by atoms with Crippen molar-refractivity contribution in [3.63, 3.8) is 0 Å². The number of hydrogen-bond donors (Lipinski definition) is 2. The topological polar surface area (TPSA) is 52.6 Å². The first-order valence-electron chi connectivity index (χ1n) is 7.05. The summed E-state index contributed by atoms with van der Waals surface area (Å²) in [6.45, 7) is 8.71. The number of rotatable bonds is 6. The maximum Gasteiger partial charge on any atom is 0.191 e. The summed E-state index contributed by atoms with van der Waals surface area (Å²) in [6.07, 6.45) is 1.79.